The second-order valence-electron chi connectivity index (χ2n) is 8.91. The van der Waals surface area contributed by atoms with Crippen molar-refractivity contribution in [1.82, 2.24) is 14.9 Å². The van der Waals surface area contributed by atoms with Crippen LogP contribution in [0.25, 0.3) is 10.9 Å². The molecule has 1 fully saturated rings. The van der Waals surface area contributed by atoms with Gasteiger partial charge in [-0.2, -0.15) is 0 Å². The summed E-state index contributed by atoms with van der Waals surface area (Å²) in [6.07, 6.45) is 3.19. The number of nitrogens with zero attached hydrogens (tertiary/aromatic N) is 5. The average molecular weight is 489 g/mol. The van der Waals surface area contributed by atoms with Gasteiger partial charge in [-0.15, -0.1) is 0 Å². The van der Waals surface area contributed by atoms with Crippen LogP contribution in [0.5, 0.6) is 11.6 Å². The molecule has 7 nitrogen and oxygen atoms in total. The van der Waals surface area contributed by atoms with Crippen LogP contribution in [0.4, 0.5) is 31.7 Å². The molecule has 0 atom stereocenters. The van der Waals surface area contributed by atoms with Crippen LogP contribution in [0.2, 0.25) is 0 Å². The van der Waals surface area contributed by atoms with Gasteiger partial charge in [0.2, 0.25) is 5.88 Å². The summed E-state index contributed by atoms with van der Waals surface area (Å²) in [7, 11) is 0. The lowest BCUT2D eigenvalue weighted by molar-refractivity contribution is 0.271. The van der Waals surface area contributed by atoms with Crippen molar-refractivity contribution in [2.24, 2.45) is 0 Å². The van der Waals surface area contributed by atoms with Gasteiger partial charge in [-0.1, -0.05) is 18.6 Å². The molecule has 0 radical (unpaired) electrons. The number of rotatable bonds is 6. The third-order valence-corrected chi connectivity index (χ3v) is 6.59. The molecule has 2 heterocycles. The number of aromatic nitrogens is 2. The maximum Gasteiger partial charge on any atom is 0.288 e. The molecule has 36 heavy (non-hydrogen) atoms. The van der Waals surface area contributed by atoms with Gasteiger partial charge in [-0.05, 0) is 44.2 Å². The number of fused-ring (bicyclic) bond motifs is 1. The highest BCUT2D eigenvalue weighted by molar-refractivity contribution is 5.76. The summed E-state index contributed by atoms with van der Waals surface area (Å²) in [5, 5.41) is 3.12. The first-order valence-corrected chi connectivity index (χ1v) is 11.9. The third-order valence-electron chi connectivity index (χ3n) is 6.59. The van der Waals surface area contributed by atoms with Crippen LogP contribution in [-0.2, 0) is 6.42 Å². The number of nitrogens with one attached hydrogen (secondary N) is 1. The smallest absolute Gasteiger partial charge is 0.288 e. The number of halogens is 2. The monoisotopic (exact) mass is 488 g/mol. The van der Waals surface area contributed by atoms with E-state index in [0.29, 0.717) is 12.0 Å². The van der Waals surface area contributed by atoms with E-state index in [-0.39, 0.29) is 28.7 Å². The van der Waals surface area contributed by atoms with E-state index in [4.69, 9.17) is 11.3 Å². The van der Waals surface area contributed by atoms with Gasteiger partial charge in [0.15, 0.2) is 11.6 Å². The van der Waals surface area contributed by atoms with Crippen LogP contribution >= 0.6 is 0 Å². The zero-order chi connectivity index (χ0) is 25.2. The molecule has 5 rings (SSSR count). The predicted octanol–water partition coefficient (Wildman–Crippen LogP) is 5.94. The van der Waals surface area contributed by atoms with Crippen LogP contribution in [-0.4, -0.2) is 47.6 Å². The number of hydrogen-bond acceptors (Lipinski definition) is 6. The predicted molar refractivity (Wildman–Crippen MR) is 136 cm³/mol. The van der Waals surface area contributed by atoms with E-state index in [1.54, 1.807) is 6.08 Å². The minimum absolute atomic E-state index is 0.0238. The molecule has 1 N–H and O–H groups in total. The van der Waals surface area contributed by atoms with Gasteiger partial charge < -0.3 is 19.9 Å². The highest BCUT2D eigenvalue weighted by Crippen LogP contribution is 2.40. The van der Waals surface area contributed by atoms with Crippen molar-refractivity contribution >= 4 is 29.0 Å². The minimum atomic E-state index is -0.678. The molecule has 1 aromatic heterocycles. The van der Waals surface area contributed by atoms with Crippen molar-refractivity contribution in [1.29, 1.82) is 0 Å². The van der Waals surface area contributed by atoms with Crippen LogP contribution in [0.15, 0.2) is 42.2 Å². The first-order chi connectivity index (χ1) is 17.5. The third kappa shape index (κ3) is 4.60. The number of piperazine rings is 1. The Balaban J connectivity index is 1.35. The molecule has 184 valence electrons. The quantitative estimate of drug-likeness (QED) is 0.433. The maximum absolute atomic E-state index is 15.0. The van der Waals surface area contributed by atoms with Crippen molar-refractivity contribution in [2.75, 3.05) is 42.9 Å². The van der Waals surface area contributed by atoms with E-state index in [9.17, 15) is 4.39 Å². The van der Waals surface area contributed by atoms with E-state index >= 15 is 4.39 Å². The summed E-state index contributed by atoms with van der Waals surface area (Å²) in [5.74, 6) is -1.48. The molecule has 0 amide bonds. The molecule has 0 unspecified atom stereocenters. The SMILES string of the molecule is [C-]#[N+]c1c(Nc2ccc(N3CCN(CC)CC3)cc2)ncnc1Oc1cc(F)c2c(c1F)C=C(C)C2. The lowest BCUT2D eigenvalue weighted by Crippen LogP contribution is -2.46. The van der Waals surface area contributed by atoms with Gasteiger partial charge in [-0.3, -0.25) is 0 Å². The van der Waals surface area contributed by atoms with Gasteiger partial charge in [0.05, 0.1) is 6.57 Å². The van der Waals surface area contributed by atoms with Gasteiger partial charge >= 0.3 is 0 Å². The van der Waals surface area contributed by atoms with Gasteiger partial charge in [0.1, 0.15) is 18.0 Å². The molecule has 1 aliphatic heterocycles. The normalized spacial score (nSPS) is 15.3. The number of ether oxygens (including phenoxy) is 1. The zero-order valence-electron chi connectivity index (χ0n) is 20.2. The first kappa shape index (κ1) is 23.7. The fourth-order valence-corrected chi connectivity index (χ4v) is 4.59. The Hall–Kier alpha value is -4.03. The largest absolute Gasteiger partial charge is 0.446 e. The van der Waals surface area contributed by atoms with E-state index in [1.807, 2.05) is 31.2 Å². The molecule has 0 saturated carbocycles. The Morgan fingerprint density at radius 1 is 1.11 bits per heavy atom. The molecule has 9 heteroatoms. The van der Waals surface area contributed by atoms with Crippen LogP contribution in [0.1, 0.15) is 25.0 Å². The highest BCUT2D eigenvalue weighted by Gasteiger charge is 2.24. The van der Waals surface area contributed by atoms with Crippen molar-refractivity contribution in [3.05, 3.63) is 76.4 Å². The molecule has 0 spiro atoms. The van der Waals surface area contributed by atoms with Crippen LogP contribution in [0, 0.1) is 18.2 Å². The Bertz CT molecular complexity index is 1360. The lowest BCUT2D eigenvalue weighted by Gasteiger charge is -2.35. The van der Waals surface area contributed by atoms with Gasteiger partial charge in [0, 0.05) is 54.7 Å². The average Bonchev–Trinajstić information content (AvgIpc) is 3.30. The summed E-state index contributed by atoms with van der Waals surface area (Å²) < 4.78 is 35.2. The Kier molecular flexibility index (Phi) is 6.53. The fraction of sp³-hybridized carbons (Fsp3) is 0.296. The number of benzene rings is 2. The summed E-state index contributed by atoms with van der Waals surface area (Å²) in [5.41, 5.74) is 3.19. The second kappa shape index (κ2) is 9.91. The number of allylic oxidation sites excluding steroid dienone is 1. The number of likely N-dealkylation sites (N-methyl/N-ethyl adjacent to an activating group) is 1. The van der Waals surface area contributed by atoms with Crippen molar-refractivity contribution in [3.63, 3.8) is 0 Å². The minimum Gasteiger partial charge on any atom is -0.446 e. The van der Waals surface area contributed by atoms with Crippen molar-refractivity contribution in [2.45, 2.75) is 20.3 Å². The number of anilines is 3. The number of hydrogen-bond donors (Lipinski definition) is 1. The molecule has 3 aromatic rings. The Labute approximate surface area is 208 Å². The maximum atomic E-state index is 15.0. The summed E-state index contributed by atoms with van der Waals surface area (Å²) in [6, 6.07) is 8.89. The van der Waals surface area contributed by atoms with Crippen LogP contribution < -0.4 is 15.0 Å². The van der Waals surface area contributed by atoms with Crippen molar-refractivity contribution in [3.8, 4) is 11.6 Å². The standard InChI is InChI=1S/C27H26F2N6O/c1-4-34-9-11-35(12-10-34)19-7-5-18(6-8-19)33-26-25(30-3)27(32-16-31-26)36-23-15-22(28)20-13-17(2)14-21(20)24(23)29/h5-8,14-16H,4,9-13H2,1-2H3,(H,31,32,33). The molecule has 2 aromatic carbocycles. The van der Waals surface area contributed by atoms with Gasteiger partial charge in [0.25, 0.3) is 5.69 Å². The molecule has 1 saturated heterocycles. The molecular weight excluding hydrogens is 462 g/mol. The Morgan fingerprint density at radius 2 is 1.86 bits per heavy atom. The van der Waals surface area contributed by atoms with E-state index in [1.165, 1.54) is 6.33 Å². The van der Waals surface area contributed by atoms with E-state index in [2.05, 4.69) is 36.9 Å². The van der Waals surface area contributed by atoms with E-state index < -0.39 is 11.6 Å². The van der Waals surface area contributed by atoms with Crippen LogP contribution in [0.3, 0.4) is 0 Å². The molecule has 2 aliphatic rings. The first-order valence-electron chi connectivity index (χ1n) is 11.9. The lowest BCUT2D eigenvalue weighted by atomic mass is 10.1. The van der Waals surface area contributed by atoms with Gasteiger partial charge in [-0.25, -0.2) is 23.6 Å². The second-order valence-corrected chi connectivity index (χ2v) is 8.91. The Morgan fingerprint density at radius 3 is 2.56 bits per heavy atom. The molecule has 0 bridgehead atoms. The fourth-order valence-electron chi connectivity index (χ4n) is 4.59. The molecule has 1 aliphatic carbocycles. The topological polar surface area (TPSA) is 57.9 Å². The van der Waals surface area contributed by atoms with Crippen molar-refractivity contribution < 1.29 is 13.5 Å². The summed E-state index contributed by atoms with van der Waals surface area (Å²) in [4.78, 5) is 16.5. The zero-order valence-corrected chi connectivity index (χ0v) is 20.2. The summed E-state index contributed by atoms with van der Waals surface area (Å²) >= 11 is 0. The highest BCUT2D eigenvalue weighted by atomic mass is 19.1. The van der Waals surface area contributed by atoms with E-state index in [0.717, 1.165) is 55.7 Å². The summed E-state index contributed by atoms with van der Waals surface area (Å²) in [6.45, 7) is 16.7. The molecular formula is C27H26F2N6O.